The van der Waals surface area contributed by atoms with Crippen molar-refractivity contribution in [2.45, 2.75) is 105 Å². The van der Waals surface area contributed by atoms with Gasteiger partial charge in [0.05, 0.1) is 6.61 Å². The van der Waals surface area contributed by atoms with Crippen LogP contribution in [-0.2, 0) is 0 Å². The highest BCUT2D eigenvalue weighted by Gasteiger charge is 2.70. The summed E-state index contributed by atoms with van der Waals surface area (Å²) in [5, 5.41) is 20.7. The second-order valence-corrected chi connectivity index (χ2v) is 14.6. The number of fused-ring (bicyclic) bond motifs is 7. The Hall–Kier alpha value is -0.380. The van der Waals surface area contributed by atoms with E-state index in [2.05, 4.69) is 41.2 Å². The molecule has 0 spiro atoms. The van der Waals surface area contributed by atoms with Crippen molar-refractivity contribution in [2.75, 3.05) is 13.2 Å². The minimum atomic E-state index is 0.0524. The lowest BCUT2D eigenvalue weighted by molar-refractivity contribution is -0.240. The van der Waals surface area contributed by atoms with Gasteiger partial charge in [-0.05, 0) is 126 Å². The van der Waals surface area contributed by atoms with Crippen LogP contribution in [0.3, 0.4) is 0 Å². The van der Waals surface area contributed by atoms with Crippen molar-refractivity contribution in [2.24, 2.45) is 62.4 Å². The van der Waals surface area contributed by atoms with Gasteiger partial charge in [-0.1, -0.05) is 41.2 Å². The third-order valence-corrected chi connectivity index (χ3v) is 13.8. The second kappa shape index (κ2) is 7.56. The van der Waals surface area contributed by atoms with Gasteiger partial charge in [0.1, 0.15) is 0 Å². The van der Waals surface area contributed by atoms with E-state index in [-0.39, 0.29) is 17.4 Å². The van der Waals surface area contributed by atoms with E-state index in [0.717, 1.165) is 36.7 Å². The molecule has 5 fully saturated rings. The van der Waals surface area contributed by atoms with Crippen molar-refractivity contribution in [3.05, 3.63) is 12.2 Å². The molecule has 0 radical (unpaired) electrons. The molecule has 188 valence electrons. The number of aliphatic hydroxyl groups is 2. The Morgan fingerprint density at radius 2 is 1.55 bits per heavy atom. The van der Waals surface area contributed by atoms with Crippen LogP contribution in [0.15, 0.2) is 12.2 Å². The van der Waals surface area contributed by atoms with E-state index < -0.39 is 0 Å². The molecular formula is C30H51NO2. The van der Waals surface area contributed by atoms with Gasteiger partial charge in [-0.3, -0.25) is 0 Å². The fourth-order valence-corrected chi connectivity index (χ4v) is 11.6. The standard InChI is InChI=1S/C30H51NO2/c1-19(17-32)20-9-14-30(18-33)16-15-28(5)21(25(20)30)7-8-23-27(4)12-11-24(31)26(2,3)22(27)10-13-29(23,28)6/h20-25,32-33H,1,7-18,31H2,2-6H3/t20-,21+,22-,23+,24-,25+,27-,28+,29+,30+/m0/s1. The Bertz CT molecular complexity index is 807. The van der Waals surface area contributed by atoms with Crippen molar-refractivity contribution in [3.8, 4) is 0 Å². The Morgan fingerprint density at radius 1 is 0.818 bits per heavy atom. The first-order valence-corrected chi connectivity index (χ1v) is 14.1. The highest BCUT2D eigenvalue weighted by atomic mass is 16.3. The van der Waals surface area contributed by atoms with E-state index in [0.29, 0.717) is 46.6 Å². The fourth-order valence-electron chi connectivity index (χ4n) is 11.6. The van der Waals surface area contributed by atoms with Crippen molar-refractivity contribution in [1.82, 2.24) is 0 Å². The molecule has 33 heavy (non-hydrogen) atoms. The van der Waals surface area contributed by atoms with Gasteiger partial charge in [-0.15, -0.1) is 0 Å². The molecule has 5 aliphatic carbocycles. The zero-order chi connectivity index (χ0) is 24.0. The lowest BCUT2D eigenvalue weighted by atomic mass is 9.32. The van der Waals surface area contributed by atoms with Gasteiger partial charge in [0.2, 0.25) is 0 Å². The largest absolute Gasteiger partial charge is 0.396 e. The van der Waals surface area contributed by atoms with Crippen LogP contribution < -0.4 is 5.73 Å². The van der Waals surface area contributed by atoms with E-state index in [1.165, 1.54) is 44.9 Å². The zero-order valence-electron chi connectivity index (χ0n) is 22.1. The van der Waals surface area contributed by atoms with Gasteiger partial charge < -0.3 is 15.9 Å². The third kappa shape index (κ3) is 2.91. The van der Waals surface area contributed by atoms with E-state index in [4.69, 9.17) is 5.73 Å². The summed E-state index contributed by atoms with van der Waals surface area (Å²) in [7, 11) is 0. The van der Waals surface area contributed by atoms with Crippen LogP contribution in [0.5, 0.6) is 0 Å². The molecule has 0 aromatic rings. The Kier molecular flexibility index (Phi) is 5.57. The van der Waals surface area contributed by atoms with Gasteiger partial charge in [-0.25, -0.2) is 0 Å². The number of rotatable bonds is 3. The van der Waals surface area contributed by atoms with Crippen molar-refractivity contribution in [1.29, 1.82) is 0 Å². The van der Waals surface area contributed by atoms with Crippen LogP contribution in [-0.4, -0.2) is 29.5 Å². The zero-order valence-corrected chi connectivity index (χ0v) is 22.1. The predicted octanol–water partition coefficient (Wildman–Crippen LogP) is 5.94. The maximum Gasteiger partial charge on any atom is 0.0641 e. The molecule has 3 nitrogen and oxygen atoms in total. The maximum atomic E-state index is 10.7. The van der Waals surface area contributed by atoms with Crippen LogP contribution in [0.4, 0.5) is 0 Å². The summed E-state index contributed by atoms with van der Waals surface area (Å²) in [4.78, 5) is 0. The smallest absolute Gasteiger partial charge is 0.0641 e. The van der Waals surface area contributed by atoms with E-state index in [1.54, 1.807) is 0 Å². The normalized spacial score (nSPS) is 55.2. The van der Waals surface area contributed by atoms with E-state index in [1.807, 2.05) is 0 Å². The molecule has 10 atom stereocenters. The highest BCUT2D eigenvalue weighted by molar-refractivity contribution is 5.22. The molecule has 0 amide bonds. The Labute approximate surface area is 203 Å². The molecule has 0 saturated heterocycles. The molecule has 0 bridgehead atoms. The molecule has 0 aromatic heterocycles. The maximum absolute atomic E-state index is 10.7. The quantitative estimate of drug-likeness (QED) is 0.460. The van der Waals surface area contributed by atoms with Crippen LogP contribution in [0.2, 0.25) is 0 Å². The van der Waals surface area contributed by atoms with Crippen molar-refractivity contribution < 1.29 is 10.2 Å². The minimum Gasteiger partial charge on any atom is -0.396 e. The van der Waals surface area contributed by atoms with Crippen molar-refractivity contribution in [3.63, 3.8) is 0 Å². The average Bonchev–Trinajstić information content (AvgIpc) is 3.17. The van der Waals surface area contributed by atoms with Gasteiger partial charge >= 0.3 is 0 Å². The molecule has 0 unspecified atom stereocenters. The summed E-state index contributed by atoms with van der Waals surface area (Å²) in [5.41, 5.74) is 9.02. The van der Waals surface area contributed by atoms with Gasteiger partial charge in [0.25, 0.3) is 0 Å². The second-order valence-electron chi connectivity index (χ2n) is 14.6. The first-order chi connectivity index (χ1) is 15.4. The summed E-state index contributed by atoms with van der Waals surface area (Å²) in [5.74, 6) is 2.99. The van der Waals surface area contributed by atoms with E-state index in [9.17, 15) is 10.2 Å². The predicted molar refractivity (Wildman–Crippen MR) is 135 cm³/mol. The first kappa shape index (κ1) is 24.3. The number of hydrogen-bond donors (Lipinski definition) is 3. The fraction of sp³-hybridized carbons (Fsp3) is 0.933. The Balaban J connectivity index is 1.54. The van der Waals surface area contributed by atoms with Gasteiger partial charge in [0, 0.05) is 12.6 Å². The van der Waals surface area contributed by atoms with Gasteiger partial charge in [-0.2, -0.15) is 0 Å². The lowest BCUT2D eigenvalue weighted by Crippen LogP contribution is -2.67. The number of aliphatic hydroxyl groups excluding tert-OH is 2. The van der Waals surface area contributed by atoms with Crippen molar-refractivity contribution >= 4 is 0 Å². The number of hydrogen-bond acceptors (Lipinski definition) is 3. The topological polar surface area (TPSA) is 66.5 Å². The van der Waals surface area contributed by atoms with Crippen LogP contribution in [0.1, 0.15) is 98.8 Å². The highest BCUT2D eigenvalue weighted by Crippen LogP contribution is 2.77. The monoisotopic (exact) mass is 457 g/mol. The summed E-state index contributed by atoms with van der Waals surface area (Å²) in [6.45, 7) is 17.6. The molecule has 5 saturated carbocycles. The molecule has 4 N–H and O–H groups in total. The average molecular weight is 458 g/mol. The Morgan fingerprint density at radius 3 is 2.21 bits per heavy atom. The SMILES string of the molecule is C=C(CO)[C@@H]1CC[C@]2(CO)CC[C@]3(C)[C@H](CC[C@@H]4[C@@]5(C)CC[C@H](N)C(C)(C)[C@@H]5CC[C@]43C)[C@@H]12. The summed E-state index contributed by atoms with van der Waals surface area (Å²) < 4.78 is 0. The molecule has 5 aliphatic rings. The summed E-state index contributed by atoms with van der Waals surface area (Å²) in [6.07, 6.45) is 12.3. The molecule has 3 heteroatoms. The summed E-state index contributed by atoms with van der Waals surface area (Å²) in [6, 6.07) is 0.329. The molecule has 0 aliphatic heterocycles. The summed E-state index contributed by atoms with van der Waals surface area (Å²) >= 11 is 0. The molecular weight excluding hydrogens is 406 g/mol. The third-order valence-electron chi connectivity index (χ3n) is 13.8. The van der Waals surface area contributed by atoms with Crippen LogP contribution in [0, 0.1) is 56.7 Å². The number of nitrogens with two attached hydrogens (primary N) is 1. The molecule has 0 aromatic carbocycles. The molecule has 0 heterocycles. The van der Waals surface area contributed by atoms with E-state index >= 15 is 0 Å². The lowest BCUT2D eigenvalue weighted by Gasteiger charge is -2.73. The minimum absolute atomic E-state index is 0.0524. The van der Waals surface area contributed by atoms with Crippen LogP contribution >= 0.6 is 0 Å². The van der Waals surface area contributed by atoms with Crippen LogP contribution in [0.25, 0.3) is 0 Å². The molecule has 5 rings (SSSR count). The first-order valence-electron chi connectivity index (χ1n) is 14.1. The van der Waals surface area contributed by atoms with Gasteiger partial charge in [0.15, 0.2) is 0 Å².